The highest BCUT2D eigenvalue weighted by Crippen LogP contribution is 2.23. The summed E-state index contributed by atoms with van der Waals surface area (Å²) in [5, 5.41) is 10.1. The van der Waals surface area contributed by atoms with Crippen molar-refractivity contribution in [1.82, 2.24) is 0 Å². The van der Waals surface area contributed by atoms with Crippen LogP contribution in [0.25, 0.3) is 0 Å². The van der Waals surface area contributed by atoms with Crippen molar-refractivity contribution < 1.29 is 9.31 Å². The second-order valence-corrected chi connectivity index (χ2v) is 2.60. The molecule has 0 unspecified atom stereocenters. The second kappa shape index (κ2) is 2.96. The summed E-state index contributed by atoms with van der Waals surface area (Å²) in [7, 11) is 0. The van der Waals surface area contributed by atoms with E-state index >= 15 is 0 Å². The number of halogens is 2. The molecule has 11 heavy (non-hydrogen) atoms. The Kier molecular flexibility index (Phi) is 2.19. The molecule has 57 valence electrons. The van der Waals surface area contributed by atoms with Crippen molar-refractivity contribution in [2.75, 3.05) is 0 Å². The molecule has 5 heteroatoms. The van der Waals surface area contributed by atoms with Crippen LogP contribution in [0.4, 0.5) is 10.1 Å². The van der Waals surface area contributed by atoms with Gasteiger partial charge in [-0.3, -0.25) is 10.1 Å². The maximum Gasteiger partial charge on any atom is 0.313 e. The van der Waals surface area contributed by atoms with E-state index in [2.05, 4.69) is 22.0 Å². The van der Waals surface area contributed by atoms with Crippen LogP contribution in [0.3, 0.4) is 0 Å². The summed E-state index contributed by atoms with van der Waals surface area (Å²) in [6, 6.07) is 4.81. The Labute approximate surface area is 70.1 Å². The van der Waals surface area contributed by atoms with Gasteiger partial charge in [-0.05, 0) is 28.1 Å². The van der Waals surface area contributed by atoms with Crippen LogP contribution >= 0.6 is 15.9 Å². The van der Waals surface area contributed by atoms with E-state index in [0.29, 0.717) is 0 Å². The molecule has 1 rings (SSSR count). The number of hydrogen-bond acceptors (Lipinski definition) is 2. The van der Waals surface area contributed by atoms with Gasteiger partial charge >= 0.3 is 5.69 Å². The number of nitro benzene ring substituents is 1. The summed E-state index contributed by atoms with van der Waals surface area (Å²) < 4.78 is 12.8. The Hall–Kier alpha value is -0.970. The molecular formula is C6H2BrFNO2. The Morgan fingerprint density at radius 1 is 1.73 bits per heavy atom. The monoisotopic (exact) mass is 218 g/mol. The number of benzene rings is 1. The Morgan fingerprint density at radius 3 is 2.82 bits per heavy atom. The fourth-order valence-corrected chi connectivity index (χ4v) is 0.896. The smallest absolute Gasteiger partial charge is 0.258 e. The van der Waals surface area contributed by atoms with Gasteiger partial charge in [0.15, 0.2) is 0 Å². The largest absolute Gasteiger partial charge is 0.313 e. The van der Waals surface area contributed by atoms with Gasteiger partial charge in [-0.2, -0.15) is 4.39 Å². The van der Waals surface area contributed by atoms with Crippen molar-refractivity contribution in [3.8, 4) is 0 Å². The van der Waals surface area contributed by atoms with E-state index < -0.39 is 16.4 Å². The predicted octanol–water partition coefficient (Wildman–Crippen LogP) is 2.30. The minimum Gasteiger partial charge on any atom is -0.258 e. The fourth-order valence-electron chi connectivity index (χ4n) is 0.576. The third-order valence-electron chi connectivity index (χ3n) is 1.05. The fraction of sp³-hybridized carbons (Fsp3) is 0. The van der Waals surface area contributed by atoms with E-state index in [1.165, 1.54) is 12.1 Å². The first-order valence-electron chi connectivity index (χ1n) is 2.63. The molecule has 0 saturated heterocycles. The Morgan fingerprint density at radius 2 is 2.36 bits per heavy atom. The minimum atomic E-state index is -0.891. The van der Waals surface area contributed by atoms with Crippen LogP contribution in [0.5, 0.6) is 0 Å². The molecule has 1 aromatic carbocycles. The van der Waals surface area contributed by atoms with Gasteiger partial charge in [0, 0.05) is 0 Å². The Balaban J connectivity index is 3.27. The second-order valence-electron chi connectivity index (χ2n) is 1.75. The molecule has 1 radical (unpaired) electrons. The van der Waals surface area contributed by atoms with Gasteiger partial charge in [-0.1, -0.05) is 0 Å². The number of rotatable bonds is 1. The van der Waals surface area contributed by atoms with Crippen molar-refractivity contribution in [3.63, 3.8) is 0 Å². The molecule has 0 aliphatic heterocycles. The SMILES string of the molecule is O=[N+]([O-])c1[c]ccc(Br)c1F. The summed E-state index contributed by atoms with van der Waals surface area (Å²) in [4.78, 5) is 9.27. The molecule has 0 atom stereocenters. The molecule has 0 saturated carbocycles. The quantitative estimate of drug-likeness (QED) is 0.537. The zero-order valence-electron chi connectivity index (χ0n) is 5.17. The van der Waals surface area contributed by atoms with Gasteiger partial charge in [-0.15, -0.1) is 0 Å². The highest BCUT2D eigenvalue weighted by Gasteiger charge is 2.15. The lowest BCUT2D eigenvalue weighted by molar-refractivity contribution is -0.388. The lowest BCUT2D eigenvalue weighted by Gasteiger charge is -1.93. The summed E-state index contributed by atoms with van der Waals surface area (Å²) in [6.07, 6.45) is 0. The van der Waals surface area contributed by atoms with E-state index in [1.54, 1.807) is 0 Å². The van der Waals surface area contributed by atoms with Gasteiger partial charge in [0.2, 0.25) is 5.82 Å². The average molecular weight is 219 g/mol. The van der Waals surface area contributed by atoms with E-state index in [9.17, 15) is 14.5 Å². The van der Waals surface area contributed by atoms with E-state index in [-0.39, 0.29) is 4.47 Å². The molecule has 0 aliphatic rings. The summed E-state index contributed by atoms with van der Waals surface area (Å²) >= 11 is 2.81. The van der Waals surface area contributed by atoms with Crippen LogP contribution in [0.1, 0.15) is 0 Å². The summed E-state index contributed by atoms with van der Waals surface area (Å²) in [5.74, 6) is -0.891. The molecule has 0 bridgehead atoms. The maximum atomic E-state index is 12.7. The van der Waals surface area contributed by atoms with E-state index in [1.807, 2.05) is 0 Å². The third-order valence-corrected chi connectivity index (χ3v) is 1.66. The Bertz CT molecular complexity index is 303. The third kappa shape index (κ3) is 1.54. The molecular weight excluding hydrogens is 217 g/mol. The van der Waals surface area contributed by atoms with Crippen LogP contribution < -0.4 is 0 Å². The average Bonchev–Trinajstić information content (AvgIpc) is 1.94. The van der Waals surface area contributed by atoms with Gasteiger partial charge in [0.1, 0.15) is 0 Å². The zero-order chi connectivity index (χ0) is 8.43. The number of nitro groups is 1. The van der Waals surface area contributed by atoms with Crippen molar-refractivity contribution in [3.05, 3.63) is 38.6 Å². The topological polar surface area (TPSA) is 43.1 Å². The molecule has 0 aromatic heterocycles. The first kappa shape index (κ1) is 8.13. The molecule has 1 aromatic rings. The van der Waals surface area contributed by atoms with Crippen molar-refractivity contribution >= 4 is 21.6 Å². The normalized spacial score (nSPS) is 9.64. The van der Waals surface area contributed by atoms with Crippen LogP contribution in [0.2, 0.25) is 0 Å². The van der Waals surface area contributed by atoms with Crippen molar-refractivity contribution in [2.24, 2.45) is 0 Å². The number of nitrogens with zero attached hydrogens (tertiary/aromatic N) is 1. The molecule has 0 aliphatic carbocycles. The summed E-state index contributed by atoms with van der Waals surface area (Å²) in [6.45, 7) is 0. The molecule has 0 amide bonds. The van der Waals surface area contributed by atoms with Crippen molar-refractivity contribution in [1.29, 1.82) is 0 Å². The van der Waals surface area contributed by atoms with Crippen LogP contribution in [-0.2, 0) is 0 Å². The van der Waals surface area contributed by atoms with Crippen LogP contribution in [-0.4, -0.2) is 4.92 Å². The van der Waals surface area contributed by atoms with Crippen LogP contribution in [0.15, 0.2) is 16.6 Å². The highest BCUT2D eigenvalue weighted by molar-refractivity contribution is 9.10. The first-order valence-corrected chi connectivity index (χ1v) is 3.42. The van der Waals surface area contributed by atoms with E-state index in [4.69, 9.17) is 0 Å². The molecule has 0 heterocycles. The van der Waals surface area contributed by atoms with Gasteiger partial charge in [0.25, 0.3) is 0 Å². The molecule has 3 nitrogen and oxygen atoms in total. The lowest BCUT2D eigenvalue weighted by atomic mass is 10.3. The van der Waals surface area contributed by atoms with Gasteiger partial charge in [0.05, 0.1) is 15.5 Å². The van der Waals surface area contributed by atoms with Crippen molar-refractivity contribution in [2.45, 2.75) is 0 Å². The zero-order valence-corrected chi connectivity index (χ0v) is 6.76. The minimum absolute atomic E-state index is 0.0722. The summed E-state index contributed by atoms with van der Waals surface area (Å²) in [5.41, 5.74) is -0.639. The van der Waals surface area contributed by atoms with Gasteiger partial charge < -0.3 is 0 Å². The van der Waals surface area contributed by atoms with Crippen LogP contribution in [0, 0.1) is 22.0 Å². The van der Waals surface area contributed by atoms with Gasteiger partial charge in [-0.25, -0.2) is 0 Å². The maximum absolute atomic E-state index is 12.7. The number of hydrogen-bond donors (Lipinski definition) is 0. The first-order chi connectivity index (χ1) is 5.13. The van der Waals surface area contributed by atoms with E-state index in [0.717, 1.165) is 0 Å². The molecule has 0 N–H and O–H groups in total. The predicted molar refractivity (Wildman–Crippen MR) is 39.6 cm³/mol. The molecule has 0 spiro atoms. The molecule has 0 fully saturated rings. The standard InChI is InChI=1S/C6H2BrFNO2/c7-4-2-1-3-5(6(4)8)9(10)11/h1-2H. The lowest BCUT2D eigenvalue weighted by Crippen LogP contribution is -1.92. The highest BCUT2D eigenvalue weighted by atomic mass is 79.9.